The van der Waals surface area contributed by atoms with Crippen molar-refractivity contribution in [2.45, 2.75) is 6.92 Å². The van der Waals surface area contributed by atoms with Gasteiger partial charge in [-0.3, -0.25) is 0 Å². The molecular weight excluding hydrogens is 168 g/mol. The Bertz CT molecular complexity index is 286. The van der Waals surface area contributed by atoms with Crippen LogP contribution in [0.4, 0.5) is 17.6 Å². The zero-order chi connectivity index (χ0) is 9.84. The summed E-state index contributed by atoms with van der Waals surface area (Å²) in [6, 6.07) is 1.74. The first kappa shape index (κ1) is 9.53. The molecule has 0 saturated carbocycles. The van der Waals surface area contributed by atoms with E-state index in [9.17, 15) is 0 Å². The summed E-state index contributed by atoms with van der Waals surface area (Å²) in [5, 5.41) is 0. The Labute approximate surface area is 76.9 Å². The van der Waals surface area contributed by atoms with E-state index in [4.69, 9.17) is 11.6 Å². The third-order valence-corrected chi connectivity index (χ3v) is 1.74. The van der Waals surface area contributed by atoms with Gasteiger partial charge in [0, 0.05) is 19.7 Å². The molecule has 0 aliphatic carbocycles. The molecule has 0 fully saturated rings. The second-order valence-corrected chi connectivity index (χ2v) is 2.63. The monoisotopic (exact) mass is 182 g/mol. The Hall–Kier alpha value is -1.56. The molecule has 0 unspecified atom stereocenters. The molecule has 0 atom stereocenters. The van der Waals surface area contributed by atoms with Crippen LogP contribution in [0.5, 0.6) is 0 Å². The van der Waals surface area contributed by atoms with Gasteiger partial charge in [-0.25, -0.2) is 5.84 Å². The number of hydrogen-bond donors (Lipinski definition) is 3. The zero-order valence-corrected chi connectivity index (χ0v) is 7.78. The minimum absolute atomic E-state index is 0.214. The van der Waals surface area contributed by atoms with Crippen LogP contribution in [0.2, 0.25) is 0 Å². The first-order valence-corrected chi connectivity index (χ1v) is 3.99. The Kier molecular flexibility index (Phi) is 2.86. The van der Waals surface area contributed by atoms with Gasteiger partial charge in [0.2, 0.25) is 5.95 Å². The van der Waals surface area contributed by atoms with Crippen molar-refractivity contribution in [2.75, 3.05) is 29.7 Å². The fourth-order valence-electron chi connectivity index (χ4n) is 0.884. The van der Waals surface area contributed by atoms with Gasteiger partial charge in [-0.15, -0.1) is 0 Å². The van der Waals surface area contributed by atoms with E-state index in [-0.39, 0.29) is 5.95 Å². The lowest BCUT2D eigenvalue weighted by molar-refractivity contribution is 0.932. The van der Waals surface area contributed by atoms with Crippen molar-refractivity contribution in [3.8, 4) is 0 Å². The van der Waals surface area contributed by atoms with E-state index < -0.39 is 0 Å². The number of nitrogens with one attached hydrogen (secondary N) is 1. The van der Waals surface area contributed by atoms with Gasteiger partial charge < -0.3 is 16.1 Å². The Morgan fingerprint density at radius 2 is 2.23 bits per heavy atom. The number of anilines is 3. The lowest BCUT2D eigenvalue weighted by atomic mass is 10.5. The van der Waals surface area contributed by atoms with Crippen molar-refractivity contribution in [3.05, 3.63) is 6.07 Å². The number of hydrogen-bond acceptors (Lipinski definition) is 6. The number of hydrazine groups is 1. The van der Waals surface area contributed by atoms with E-state index in [0.717, 1.165) is 12.4 Å². The van der Waals surface area contributed by atoms with Crippen LogP contribution in [0.25, 0.3) is 0 Å². The standard InChI is InChI=1S/C7H14N6/c1-3-13(2)6-4-5(12-9)10-7(8)11-6/h4H,3,9H2,1-2H3,(H3,8,10,11,12). The molecule has 5 N–H and O–H groups in total. The molecule has 0 radical (unpaired) electrons. The van der Waals surface area contributed by atoms with Crippen molar-refractivity contribution < 1.29 is 0 Å². The lowest BCUT2D eigenvalue weighted by Gasteiger charge is -2.16. The molecule has 0 aliphatic heterocycles. The van der Waals surface area contributed by atoms with E-state index in [1.54, 1.807) is 6.07 Å². The minimum Gasteiger partial charge on any atom is -0.368 e. The molecule has 1 aromatic rings. The van der Waals surface area contributed by atoms with Crippen molar-refractivity contribution >= 4 is 17.6 Å². The third kappa shape index (κ3) is 2.19. The summed E-state index contributed by atoms with van der Waals surface area (Å²) in [5.41, 5.74) is 7.91. The van der Waals surface area contributed by atoms with E-state index >= 15 is 0 Å². The first-order valence-electron chi connectivity index (χ1n) is 3.99. The molecule has 1 rings (SSSR count). The molecule has 0 aliphatic rings. The highest BCUT2D eigenvalue weighted by Crippen LogP contribution is 2.14. The van der Waals surface area contributed by atoms with Gasteiger partial charge in [-0.1, -0.05) is 0 Å². The van der Waals surface area contributed by atoms with Crippen LogP contribution in [0.1, 0.15) is 6.92 Å². The normalized spacial score (nSPS) is 9.77. The molecule has 0 amide bonds. The second kappa shape index (κ2) is 3.90. The average Bonchev–Trinajstić information content (AvgIpc) is 2.15. The summed E-state index contributed by atoms with van der Waals surface area (Å²) in [7, 11) is 1.92. The van der Waals surface area contributed by atoms with Crippen LogP contribution < -0.4 is 21.9 Å². The second-order valence-electron chi connectivity index (χ2n) is 2.63. The van der Waals surface area contributed by atoms with Crippen molar-refractivity contribution in [1.29, 1.82) is 0 Å². The molecule has 0 saturated heterocycles. The third-order valence-electron chi connectivity index (χ3n) is 1.74. The fourth-order valence-corrected chi connectivity index (χ4v) is 0.884. The van der Waals surface area contributed by atoms with Crippen molar-refractivity contribution in [2.24, 2.45) is 5.84 Å². The highest BCUT2D eigenvalue weighted by molar-refractivity contribution is 5.51. The molecular formula is C7H14N6. The van der Waals surface area contributed by atoms with Crippen LogP contribution in [-0.4, -0.2) is 23.6 Å². The topological polar surface area (TPSA) is 93.1 Å². The van der Waals surface area contributed by atoms with E-state index in [1.807, 2.05) is 18.9 Å². The molecule has 6 heteroatoms. The fraction of sp³-hybridized carbons (Fsp3) is 0.429. The van der Waals surface area contributed by atoms with Gasteiger partial charge >= 0.3 is 0 Å². The molecule has 0 bridgehead atoms. The van der Waals surface area contributed by atoms with E-state index in [2.05, 4.69) is 15.4 Å². The summed E-state index contributed by atoms with van der Waals surface area (Å²) in [5.74, 6) is 6.70. The summed E-state index contributed by atoms with van der Waals surface area (Å²) in [4.78, 5) is 9.87. The van der Waals surface area contributed by atoms with Gasteiger partial charge in [-0.05, 0) is 6.92 Å². The summed E-state index contributed by atoms with van der Waals surface area (Å²) in [6.07, 6.45) is 0. The maximum absolute atomic E-state index is 5.48. The zero-order valence-electron chi connectivity index (χ0n) is 7.78. The molecule has 0 aromatic carbocycles. The number of aromatic nitrogens is 2. The van der Waals surface area contributed by atoms with Crippen LogP contribution >= 0.6 is 0 Å². The Morgan fingerprint density at radius 1 is 1.54 bits per heavy atom. The first-order chi connectivity index (χ1) is 6.17. The minimum atomic E-state index is 0.214. The molecule has 72 valence electrons. The average molecular weight is 182 g/mol. The number of nitrogens with two attached hydrogens (primary N) is 2. The quantitative estimate of drug-likeness (QED) is 0.443. The molecule has 0 spiro atoms. The highest BCUT2D eigenvalue weighted by Gasteiger charge is 2.03. The predicted octanol–water partition coefficient (Wildman–Crippen LogP) is -0.199. The van der Waals surface area contributed by atoms with Gasteiger partial charge in [-0.2, -0.15) is 9.97 Å². The van der Waals surface area contributed by atoms with Crippen LogP contribution in [0.3, 0.4) is 0 Å². The van der Waals surface area contributed by atoms with Crippen molar-refractivity contribution in [1.82, 2.24) is 9.97 Å². The summed E-state index contributed by atoms with van der Waals surface area (Å²) >= 11 is 0. The van der Waals surface area contributed by atoms with Crippen LogP contribution in [0.15, 0.2) is 6.07 Å². The maximum Gasteiger partial charge on any atom is 0.223 e. The highest BCUT2D eigenvalue weighted by atomic mass is 15.3. The lowest BCUT2D eigenvalue weighted by Crippen LogP contribution is -2.19. The Balaban J connectivity index is 3.01. The summed E-state index contributed by atoms with van der Waals surface area (Å²) < 4.78 is 0. The van der Waals surface area contributed by atoms with E-state index in [1.165, 1.54) is 0 Å². The number of nitrogens with zero attached hydrogens (tertiary/aromatic N) is 3. The van der Waals surface area contributed by atoms with Gasteiger partial charge in [0.25, 0.3) is 0 Å². The van der Waals surface area contributed by atoms with Gasteiger partial charge in [0.1, 0.15) is 11.6 Å². The largest absolute Gasteiger partial charge is 0.368 e. The molecule has 13 heavy (non-hydrogen) atoms. The SMILES string of the molecule is CCN(C)c1cc(NN)nc(N)n1. The van der Waals surface area contributed by atoms with Gasteiger partial charge in [0.05, 0.1) is 0 Å². The maximum atomic E-state index is 5.48. The molecule has 6 nitrogen and oxygen atoms in total. The number of rotatable bonds is 3. The smallest absolute Gasteiger partial charge is 0.223 e. The van der Waals surface area contributed by atoms with Crippen molar-refractivity contribution in [3.63, 3.8) is 0 Å². The number of nitrogen functional groups attached to an aromatic ring is 2. The van der Waals surface area contributed by atoms with Crippen LogP contribution in [0, 0.1) is 0 Å². The summed E-state index contributed by atoms with van der Waals surface area (Å²) in [6.45, 7) is 2.87. The molecule has 1 heterocycles. The van der Waals surface area contributed by atoms with E-state index in [0.29, 0.717) is 5.82 Å². The van der Waals surface area contributed by atoms with Crippen LogP contribution in [-0.2, 0) is 0 Å². The molecule has 1 aromatic heterocycles. The van der Waals surface area contributed by atoms with Gasteiger partial charge in [0.15, 0.2) is 0 Å². The Morgan fingerprint density at radius 3 is 2.77 bits per heavy atom. The predicted molar refractivity (Wildman–Crippen MR) is 53.2 cm³/mol.